The number of fused-ring (bicyclic) bond motifs is 1. The zero-order valence-corrected chi connectivity index (χ0v) is 19.6. The topological polar surface area (TPSA) is 123 Å². The molecule has 3 N–H and O–H groups in total. The second-order valence-corrected chi connectivity index (χ2v) is 8.69. The molecule has 0 aliphatic rings. The smallest absolute Gasteiger partial charge is 0.255 e. The van der Waals surface area contributed by atoms with Crippen LogP contribution in [0.1, 0.15) is 31.1 Å². The number of anilines is 2. The average molecular weight is 487 g/mol. The van der Waals surface area contributed by atoms with Crippen LogP contribution in [0, 0.1) is 0 Å². The molecule has 4 heterocycles. The fraction of sp³-hybridized carbons (Fsp3) is 0.318. The lowest BCUT2D eigenvalue weighted by Crippen LogP contribution is -2.42. The molecule has 0 saturated carbocycles. The number of nitrogens with zero attached hydrogens (tertiary/aromatic N) is 6. The normalized spacial score (nSPS) is 12.6. The van der Waals surface area contributed by atoms with E-state index in [2.05, 4.69) is 30.8 Å². The van der Waals surface area contributed by atoms with Gasteiger partial charge < -0.3 is 15.7 Å². The van der Waals surface area contributed by atoms with Crippen molar-refractivity contribution < 1.29 is 14.3 Å². The van der Waals surface area contributed by atoms with Gasteiger partial charge in [0.15, 0.2) is 11.5 Å². The maximum Gasteiger partial charge on any atom is 0.255 e. The molecule has 0 bridgehead atoms. The van der Waals surface area contributed by atoms with Gasteiger partial charge in [-0.15, -0.1) is 0 Å². The lowest BCUT2D eigenvalue weighted by Gasteiger charge is -2.22. The van der Waals surface area contributed by atoms with Crippen molar-refractivity contribution in [3.8, 4) is 5.82 Å². The molecule has 4 rings (SSSR count). The fourth-order valence-electron chi connectivity index (χ4n) is 3.19. The van der Waals surface area contributed by atoms with Crippen LogP contribution in [0.5, 0.6) is 0 Å². The second-order valence-electron chi connectivity index (χ2n) is 8.25. The van der Waals surface area contributed by atoms with E-state index in [9.17, 15) is 14.3 Å². The van der Waals surface area contributed by atoms with Gasteiger partial charge in [0.1, 0.15) is 6.17 Å². The highest BCUT2D eigenvalue weighted by atomic mass is 35.5. The third-order valence-electron chi connectivity index (χ3n) is 5.17. The summed E-state index contributed by atoms with van der Waals surface area (Å²) in [6.07, 6.45) is 6.28. The van der Waals surface area contributed by atoms with Crippen LogP contribution >= 0.6 is 11.6 Å². The van der Waals surface area contributed by atoms with Gasteiger partial charge in [-0.3, -0.25) is 9.48 Å². The van der Waals surface area contributed by atoms with Crippen LogP contribution in [-0.4, -0.2) is 58.9 Å². The molecule has 12 heteroatoms. The first-order valence-corrected chi connectivity index (χ1v) is 11.0. The quantitative estimate of drug-likeness (QED) is 0.349. The van der Waals surface area contributed by atoms with E-state index >= 15 is 0 Å². The summed E-state index contributed by atoms with van der Waals surface area (Å²) in [6.45, 7) is 4.96. The zero-order valence-electron chi connectivity index (χ0n) is 18.8. The van der Waals surface area contributed by atoms with Crippen molar-refractivity contribution in [3.63, 3.8) is 0 Å². The molecule has 4 aromatic rings. The van der Waals surface area contributed by atoms with Crippen molar-refractivity contribution in [1.82, 2.24) is 34.8 Å². The Bertz CT molecular complexity index is 1330. The van der Waals surface area contributed by atoms with Crippen molar-refractivity contribution >= 4 is 39.9 Å². The number of carbonyl (C=O) groups excluding carboxylic acids is 1. The molecule has 0 aromatic carbocycles. The number of amides is 1. The Labute approximate surface area is 199 Å². The van der Waals surface area contributed by atoms with Gasteiger partial charge >= 0.3 is 0 Å². The van der Waals surface area contributed by atoms with Gasteiger partial charge in [0.05, 0.1) is 46.5 Å². The number of alkyl halides is 1. The number of nitrogens with one attached hydrogen (secondary N) is 2. The molecule has 0 aliphatic carbocycles. The molecule has 0 radical (unpaired) electrons. The number of halogens is 2. The number of aryl methyl sites for hydroxylation is 1. The van der Waals surface area contributed by atoms with Crippen LogP contribution in [0.25, 0.3) is 16.9 Å². The largest absolute Gasteiger partial charge is 0.387 e. The van der Waals surface area contributed by atoms with Crippen LogP contribution in [0.3, 0.4) is 0 Å². The molecular formula is C22H24ClFN8O2. The molecule has 1 atom stereocenters. The number of aliphatic hydroxyl groups is 1. The van der Waals surface area contributed by atoms with Gasteiger partial charge in [0.2, 0.25) is 0 Å². The first-order chi connectivity index (χ1) is 16.2. The van der Waals surface area contributed by atoms with Crippen molar-refractivity contribution in [3.05, 3.63) is 53.7 Å². The van der Waals surface area contributed by atoms with E-state index in [1.54, 1.807) is 35.4 Å². The first kappa shape index (κ1) is 23.6. The summed E-state index contributed by atoms with van der Waals surface area (Å²) in [5.74, 6) is -0.141. The zero-order chi connectivity index (χ0) is 24.5. The fourth-order valence-corrected chi connectivity index (χ4v) is 3.36. The molecule has 4 aromatic heterocycles. The Morgan fingerprint density at radius 3 is 2.71 bits per heavy atom. The average Bonchev–Trinajstić information content (AvgIpc) is 3.42. The van der Waals surface area contributed by atoms with Crippen molar-refractivity contribution in [2.45, 2.75) is 39.1 Å². The Balaban J connectivity index is 1.69. The summed E-state index contributed by atoms with van der Waals surface area (Å²) < 4.78 is 17.4. The van der Waals surface area contributed by atoms with Crippen LogP contribution in [0.15, 0.2) is 43.1 Å². The van der Waals surface area contributed by atoms with Crippen LogP contribution < -0.4 is 10.6 Å². The molecular weight excluding hydrogens is 463 g/mol. The molecule has 34 heavy (non-hydrogen) atoms. The number of hydrogen-bond donors (Lipinski definition) is 3. The third-order valence-corrected chi connectivity index (χ3v) is 5.38. The van der Waals surface area contributed by atoms with Crippen molar-refractivity contribution in [1.29, 1.82) is 0 Å². The van der Waals surface area contributed by atoms with Crippen LogP contribution in [-0.2, 0) is 6.54 Å². The monoisotopic (exact) mass is 486 g/mol. The standard InChI is InChI=1S/C22H24ClFN8O2/c1-4-31-12-15(9-28-31)30-17-6-19(32-20-13(7-29-32)5-14(23)8-26-20)25-10-16(17)21(33)27-11-18(24)22(2,3)34/h5-10,12,18,34H,4,11H2,1-3H3,(H,25,30)(H,27,33)/t18-/m1/s1. The molecule has 0 unspecified atom stereocenters. The van der Waals surface area contributed by atoms with Gasteiger partial charge in [-0.05, 0) is 26.8 Å². The summed E-state index contributed by atoms with van der Waals surface area (Å²) in [4.78, 5) is 21.6. The highest BCUT2D eigenvalue weighted by Crippen LogP contribution is 2.25. The van der Waals surface area contributed by atoms with E-state index in [1.165, 1.54) is 30.9 Å². The van der Waals surface area contributed by atoms with E-state index in [-0.39, 0.29) is 12.1 Å². The maximum absolute atomic E-state index is 14.2. The molecule has 1 amide bonds. The summed E-state index contributed by atoms with van der Waals surface area (Å²) in [5, 5.41) is 25.3. The summed E-state index contributed by atoms with van der Waals surface area (Å²) in [7, 11) is 0. The highest BCUT2D eigenvalue weighted by molar-refractivity contribution is 6.31. The number of rotatable bonds is 8. The van der Waals surface area contributed by atoms with E-state index in [1.807, 2.05) is 6.92 Å². The number of aromatic nitrogens is 6. The summed E-state index contributed by atoms with van der Waals surface area (Å²) in [6, 6.07) is 3.38. The van der Waals surface area contributed by atoms with Crippen LogP contribution in [0.2, 0.25) is 5.02 Å². The van der Waals surface area contributed by atoms with Crippen molar-refractivity contribution in [2.75, 3.05) is 11.9 Å². The van der Waals surface area contributed by atoms with Gasteiger partial charge in [-0.2, -0.15) is 14.9 Å². The van der Waals surface area contributed by atoms with Gasteiger partial charge in [0.25, 0.3) is 5.91 Å². The van der Waals surface area contributed by atoms with Gasteiger partial charge in [-0.25, -0.2) is 14.4 Å². The Kier molecular flexibility index (Phi) is 6.49. The molecule has 0 aliphatic heterocycles. The van der Waals surface area contributed by atoms with E-state index in [0.29, 0.717) is 34.4 Å². The number of carbonyl (C=O) groups is 1. The number of pyridine rings is 2. The summed E-state index contributed by atoms with van der Waals surface area (Å²) >= 11 is 6.02. The summed E-state index contributed by atoms with van der Waals surface area (Å²) in [5.41, 5.74) is 0.215. The van der Waals surface area contributed by atoms with E-state index in [4.69, 9.17) is 11.6 Å². The molecule has 0 fully saturated rings. The van der Waals surface area contributed by atoms with Gasteiger partial charge in [0, 0.05) is 36.6 Å². The molecule has 0 spiro atoms. The van der Waals surface area contributed by atoms with E-state index < -0.39 is 17.7 Å². The lowest BCUT2D eigenvalue weighted by atomic mass is 10.0. The van der Waals surface area contributed by atoms with Crippen LogP contribution in [0.4, 0.5) is 15.8 Å². The molecule has 178 valence electrons. The highest BCUT2D eigenvalue weighted by Gasteiger charge is 2.27. The predicted octanol–water partition coefficient (Wildman–Crippen LogP) is 3.27. The number of hydrogen-bond acceptors (Lipinski definition) is 7. The van der Waals surface area contributed by atoms with Crippen molar-refractivity contribution in [2.24, 2.45) is 0 Å². The molecule has 10 nitrogen and oxygen atoms in total. The molecule has 0 saturated heterocycles. The minimum absolute atomic E-state index is 0.184. The minimum atomic E-state index is -1.64. The third kappa shape index (κ3) is 5.00. The minimum Gasteiger partial charge on any atom is -0.387 e. The van der Waals surface area contributed by atoms with Gasteiger partial charge in [-0.1, -0.05) is 11.6 Å². The predicted molar refractivity (Wildman–Crippen MR) is 126 cm³/mol. The Hall–Kier alpha value is -3.57. The first-order valence-electron chi connectivity index (χ1n) is 10.6. The SMILES string of the molecule is CCn1cc(Nc2cc(-n3ncc4cc(Cl)cnc43)ncc2C(=O)NC[C@@H](F)C(C)(C)O)cn1. The second kappa shape index (κ2) is 9.35. The lowest BCUT2D eigenvalue weighted by molar-refractivity contribution is -0.00177. The Morgan fingerprint density at radius 1 is 1.21 bits per heavy atom. The van der Waals surface area contributed by atoms with E-state index in [0.717, 1.165) is 5.39 Å². The maximum atomic E-state index is 14.2. The Morgan fingerprint density at radius 2 is 2.00 bits per heavy atom.